The first-order valence-electron chi connectivity index (χ1n) is 8.98. The van der Waals surface area contributed by atoms with Gasteiger partial charge in [0.05, 0.1) is 6.10 Å². The minimum absolute atomic E-state index is 0.0720. The van der Waals surface area contributed by atoms with Crippen LogP contribution in [0.1, 0.15) is 67.2 Å². The van der Waals surface area contributed by atoms with E-state index in [1.807, 2.05) is 0 Å². The molecule has 2 aliphatic rings. The van der Waals surface area contributed by atoms with Crippen LogP contribution in [-0.4, -0.2) is 35.7 Å². The minimum Gasteiger partial charge on any atom is -0.393 e. The van der Waals surface area contributed by atoms with Crippen LogP contribution in [0.2, 0.25) is 0 Å². The third-order valence-electron chi connectivity index (χ3n) is 6.16. The Labute approximate surface area is 132 Å². The van der Waals surface area contributed by atoms with Crippen LogP contribution in [0.15, 0.2) is 0 Å². The molecule has 0 aromatic carbocycles. The predicted octanol–water partition coefficient (Wildman–Crippen LogP) is 4.18. The van der Waals surface area contributed by atoms with Crippen molar-refractivity contribution in [2.75, 3.05) is 19.6 Å². The lowest BCUT2D eigenvalue weighted by Gasteiger charge is -2.41. The van der Waals surface area contributed by atoms with Crippen molar-refractivity contribution in [1.29, 1.82) is 0 Å². The van der Waals surface area contributed by atoms with E-state index in [9.17, 15) is 5.11 Å². The van der Waals surface area contributed by atoms with Gasteiger partial charge in [-0.15, -0.1) is 0 Å². The van der Waals surface area contributed by atoms with Crippen LogP contribution < -0.4 is 0 Å². The molecule has 4 atom stereocenters. The van der Waals surface area contributed by atoms with Gasteiger partial charge in [-0.2, -0.15) is 0 Å². The third-order valence-corrected chi connectivity index (χ3v) is 6.16. The second-order valence-electron chi connectivity index (χ2n) is 9.81. The number of likely N-dealkylation sites (tertiary alicyclic amines) is 1. The Kier molecular flexibility index (Phi) is 5.10. The Morgan fingerprint density at radius 1 is 0.905 bits per heavy atom. The summed E-state index contributed by atoms with van der Waals surface area (Å²) in [5.41, 5.74) is 0.811. The SMILES string of the molecule is CC(C)(C)C1CCC(O)C(CN2CCC(C(C)(C)C)C2)C1. The molecule has 21 heavy (non-hydrogen) atoms. The Hall–Kier alpha value is -0.0800. The lowest BCUT2D eigenvalue weighted by molar-refractivity contribution is 0.00520. The fourth-order valence-electron chi connectivity index (χ4n) is 4.27. The van der Waals surface area contributed by atoms with E-state index in [2.05, 4.69) is 46.4 Å². The smallest absolute Gasteiger partial charge is 0.0580 e. The molecule has 0 bridgehead atoms. The van der Waals surface area contributed by atoms with E-state index in [1.54, 1.807) is 0 Å². The van der Waals surface area contributed by atoms with Crippen molar-refractivity contribution >= 4 is 0 Å². The number of hydrogen-bond donors (Lipinski definition) is 1. The maximum Gasteiger partial charge on any atom is 0.0580 e. The van der Waals surface area contributed by atoms with Gasteiger partial charge >= 0.3 is 0 Å². The topological polar surface area (TPSA) is 23.5 Å². The van der Waals surface area contributed by atoms with Crippen LogP contribution in [0.3, 0.4) is 0 Å². The van der Waals surface area contributed by atoms with Crippen LogP contribution in [0, 0.1) is 28.6 Å². The highest BCUT2D eigenvalue weighted by Crippen LogP contribution is 2.41. The highest BCUT2D eigenvalue weighted by Gasteiger charge is 2.38. The summed E-state index contributed by atoms with van der Waals surface area (Å²) >= 11 is 0. The first-order valence-corrected chi connectivity index (χ1v) is 8.98. The summed E-state index contributed by atoms with van der Waals surface area (Å²) in [5, 5.41) is 10.4. The molecule has 0 amide bonds. The molecule has 1 saturated carbocycles. The van der Waals surface area contributed by atoms with E-state index in [0.29, 0.717) is 16.7 Å². The highest BCUT2D eigenvalue weighted by atomic mass is 16.3. The molecular formula is C19H37NO. The quantitative estimate of drug-likeness (QED) is 0.826. The molecule has 2 nitrogen and oxygen atoms in total. The average Bonchev–Trinajstić information content (AvgIpc) is 2.79. The van der Waals surface area contributed by atoms with Gasteiger partial charge in [0.15, 0.2) is 0 Å². The zero-order chi connectivity index (χ0) is 15.8. The van der Waals surface area contributed by atoms with E-state index >= 15 is 0 Å². The Morgan fingerprint density at radius 2 is 1.52 bits per heavy atom. The molecule has 1 heterocycles. The van der Waals surface area contributed by atoms with Gasteiger partial charge in [0.2, 0.25) is 0 Å². The molecule has 2 heteroatoms. The van der Waals surface area contributed by atoms with Crippen molar-refractivity contribution in [1.82, 2.24) is 4.90 Å². The van der Waals surface area contributed by atoms with E-state index in [4.69, 9.17) is 0 Å². The van der Waals surface area contributed by atoms with Crippen molar-refractivity contribution < 1.29 is 5.11 Å². The normalized spacial score (nSPS) is 36.1. The Balaban J connectivity index is 1.90. The Bertz CT molecular complexity index is 338. The van der Waals surface area contributed by atoms with Crippen molar-refractivity contribution in [3.63, 3.8) is 0 Å². The summed E-state index contributed by atoms with van der Waals surface area (Å²) in [6.07, 6.45) is 4.67. The monoisotopic (exact) mass is 295 g/mol. The van der Waals surface area contributed by atoms with Gasteiger partial charge in [-0.1, -0.05) is 41.5 Å². The summed E-state index contributed by atoms with van der Waals surface area (Å²) < 4.78 is 0. The van der Waals surface area contributed by atoms with Crippen molar-refractivity contribution in [3.8, 4) is 0 Å². The molecule has 4 unspecified atom stereocenters. The van der Waals surface area contributed by atoms with E-state index in [1.165, 1.54) is 32.4 Å². The molecule has 1 saturated heterocycles. The van der Waals surface area contributed by atoms with Gasteiger partial charge in [0.1, 0.15) is 0 Å². The van der Waals surface area contributed by atoms with Crippen LogP contribution in [-0.2, 0) is 0 Å². The molecule has 0 radical (unpaired) electrons. The van der Waals surface area contributed by atoms with Crippen molar-refractivity contribution in [2.24, 2.45) is 28.6 Å². The summed E-state index contributed by atoms with van der Waals surface area (Å²) in [5.74, 6) is 2.07. The van der Waals surface area contributed by atoms with E-state index in [0.717, 1.165) is 24.8 Å². The Morgan fingerprint density at radius 3 is 2.05 bits per heavy atom. The van der Waals surface area contributed by atoms with Crippen molar-refractivity contribution in [3.05, 3.63) is 0 Å². The van der Waals surface area contributed by atoms with E-state index < -0.39 is 0 Å². The van der Waals surface area contributed by atoms with Crippen LogP contribution in [0.25, 0.3) is 0 Å². The zero-order valence-corrected chi connectivity index (χ0v) is 15.2. The number of hydrogen-bond acceptors (Lipinski definition) is 2. The molecule has 0 spiro atoms. The number of aliphatic hydroxyl groups excluding tert-OH is 1. The van der Waals surface area contributed by atoms with Gasteiger partial charge in [0, 0.05) is 13.1 Å². The van der Waals surface area contributed by atoms with Crippen molar-refractivity contribution in [2.45, 2.75) is 73.3 Å². The molecule has 2 fully saturated rings. The predicted molar refractivity (Wildman–Crippen MR) is 90.3 cm³/mol. The molecule has 2 rings (SSSR count). The standard InChI is InChI=1S/C19H37NO/c1-18(2,3)15-7-8-17(21)14(11-15)12-20-10-9-16(13-20)19(4,5)6/h14-17,21H,7-13H2,1-6H3. The fraction of sp³-hybridized carbons (Fsp3) is 1.00. The molecule has 0 aromatic heterocycles. The largest absolute Gasteiger partial charge is 0.393 e. The van der Waals surface area contributed by atoms with Gasteiger partial charge < -0.3 is 10.0 Å². The third kappa shape index (κ3) is 4.45. The van der Waals surface area contributed by atoms with Gasteiger partial charge in [0.25, 0.3) is 0 Å². The number of rotatable bonds is 2. The summed E-state index contributed by atoms with van der Waals surface area (Å²) in [6.45, 7) is 17.7. The maximum absolute atomic E-state index is 10.4. The van der Waals surface area contributed by atoms with Gasteiger partial charge in [-0.3, -0.25) is 0 Å². The lowest BCUT2D eigenvalue weighted by Crippen LogP contribution is -2.41. The highest BCUT2D eigenvalue weighted by molar-refractivity contribution is 4.90. The molecule has 1 N–H and O–H groups in total. The van der Waals surface area contributed by atoms with E-state index in [-0.39, 0.29) is 6.10 Å². The number of nitrogens with zero attached hydrogens (tertiary/aromatic N) is 1. The summed E-state index contributed by atoms with van der Waals surface area (Å²) in [4.78, 5) is 2.62. The van der Waals surface area contributed by atoms with Crippen LogP contribution in [0.4, 0.5) is 0 Å². The number of aliphatic hydroxyl groups is 1. The molecule has 0 aromatic rings. The second-order valence-corrected chi connectivity index (χ2v) is 9.81. The minimum atomic E-state index is -0.0720. The molecule has 1 aliphatic heterocycles. The van der Waals surface area contributed by atoms with Crippen LogP contribution in [0.5, 0.6) is 0 Å². The fourth-order valence-corrected chi connectivity index (χ4v) is 4.27. The first kappa shape index (κ1) is 17.3. The van der Waals surface area contributed by atoms with Gasteiger partial charge in [-0.05, 0) is 60.8 Å². The second kappa shape index (κ2) is 6.20. The van der Waals surface area contributed by atoms with Crippen LogP contribution >= 0.6 is 0 Å². The molecular weight excluding hydrogens is 258 g/mol. The summed E-state index contributed by atoms with van der Waals surface area (Å²) in [7, 11) is 0. The van der Waals surface area contributed by atoms with Gasteiger partial charge in [-0.25, -0.2) is 0 Å². The maximum atomic E-state index is 10.4. The first-order chi connectivity index (χ1) is 9.57. The zero-order valence-electron chi connectivity index (χ0n) is 15.2. The molecule has 1 aliphatic carbocycles. The molecule has 124 valence electrons. The average molecular weight is 296 g/mol. The lowest BCUT2D eigenvalue weighted by atomic mass is 9.68. The summed E-state index contributed by atoms with van der Waals surface area (Å²) in [6, 6.07) is 0.